The number of carbonyl (C=O) groups is 1. The number of hydrogen-bond donors (Lipinski definition) is 1. The molecular weight excluding hydrogens is 346 g/mol. The highest BCUT2D eigenvalue weighted by Crippen LogP contribution is 2.16. The Labute approximate surface area is 130 Å². The van der Waals surface area contributed by atoms with Gasteiger partial charge in [-0.05, 0) is 29.8 Å². The topological polar surface area (TPSA) is 64.7 Å². The molecule has 0 fully saturated rings. The summed E-state index contributed by atoms with van der Waals surface area (Å²) in [5, 5.41) is 11.6. The number of amides is 1. The van der Waals surface area contributed by atoms with Gasteiger partial charge in [0.2, 0.25) is 5.91 Å². The molecule has 0 saturated heterocycles. The van der Waals surface area contributed by atoms with Crippen molar-refractivity contribution in [1.29, 1.82) is 0 Å². The summed E-state index contributed by atoms with van der Waals surface area (Å²) in [5.41, 5.74) is 0.802. The van der Waals surface area contributed by atoms with Gasteiger partial charge in [-0.3, -0.25) is 14.2 Å². The first-order chi connectivity index (χ1) is 9.52. The van der Waals surface area contributed by atoms with Gasteiger partial charge in [0, 0.05) is 12.7 Å². The second-order valence-corrected chi connectivity index (χ2v) is 5.61. The zero-order chi connectivity index (χ0) is 14.7. The fourth-order valence-electron chi connectivity index (χ4n) is 1.80. The van der Waals surface area contributed by atoms with E-state index in [-0.39, 0.29) is 5.91 Å². The lowest BCUT2D eigenvalue weighted by molar-refractivity contribution is -0.124. The molecule has 0 saturated carbocycles. The summed E-state index contributed by atoms with van der Waals surface area (Å²) in [7, 11) is 0. The normalized spacial score (nSPS) is 12.4. The molecule has 2 heterocycles. The Bertz CT molecular complexity index is 609. The maximum Gasteiger partial charge on any atom is 0.244 e. The Balaban J connectivity index is 2.00. The van der Waals surface area contributed by atoms with Gasteiger partial charge in [0.15, 0.2) is 0 Å². The maximum atomic E-state index is 12.1. The molecule has 108 valence electrons. The van der Waals surface area contributed by atoms with E-state index < -0.39 is 6.04 Å². The third kappa shape index (κ3) is 3.21. The number of carbonyl (C=O) groups excluding carboxylic acids is 1. The number of halogens is 2. The molecule has 0 spiro atoms. The van der Waals surface area contributed by atoms with E-state index in [1.54, 1.807) is 34.9 Å². The standard InChI is InChI=1S/C12H15BrClN5O/c1-3-18-11(10(14)5-17-18)6-15-12(20)8(2)19-7-9(13)4-16-19/h4-5,7-8H,3,6H2,1-2H3,(H,15,20). The number of aromatic nitrogens is 4. The highest BCUT2D eigenvalue weighted by atomic mass is 79.9. The highest BCUT2D eigenvalue weighted by Gasteiger charge is 2.17. The van der Waals surface area contributed by atoms with E-state index in [0.717, 1.165) is 10.2 Å². The van der Waals surface area contributed by atoms with Crippen molar-refractivity contribution in [2.75, 3.05) is 0 Å². The lowest BCUT2D eigenvalue weighted by Crippen LogP contribution is -2.31. The van der Waals surface area contributed by atoms with Gasteiger partial charge >= 0.3 is 0 Å². The average molecular weight is 361 g/mol. The van der Waals surface area contributed by atoms with Gasteiger partial charge in [0.25, 0.3) is 0 Å². The molecule has 0 aliphatic heterocycles. The van der Waals surface area contributed by atoms with Crippen molar-refractivity contribution in [2.24, 2.45) is 0 Å². The van der Waals surface area contributed by atoms with Gasteiger partial charge in [-0.25, -0.2) is 0 Å². The van der Waals surface area contributed by atoms with Crippen molar-refractivity contribution >= 4 is 33.4 Å². The van der Waals surface area contributed by atoms with Crippen molar-refractivity contribution in [1.82, 2.24) is 24.9 Å². The van der Waals surface area contributed by atoms with Crippen LogP contribution in [0.2, 0.25) is 5.02 Å². The minimum atomic E-state index is -0.391. The summed E-state index contributed by atoms with van der Waals surface area (Å²) in [6.07, 6.45) is 4.99. The van der Waals surface area contributed by atoms with Gasteiger partial charge in [-0.1, -0.05) is 11.6 Å². The molecule has 0 aromatic carbocycles. The zero-order valence-electron chi connectivity index (χ0n) is 11.2. The van der Waals surface area contributed by atoms with Crippen LogP contribution in [0.15, 0.2) is 23.1 Å². The SMILES string of the molecule is CCn1ncc(Cl)c1CNC(=O)C(C)n1cc(Br)cn1. The van der Waals surface area contributed by atoms with Crippen molar-refractivity contribution < 1.29 is 4.79 Å². The van der Waals surface area contributed by atoms with Gasteiger partial charge in [0.05, 0.1) is 34.1 Å². The molecular formula is C12H15BrClN5O. The van der Waals surface area contributed by atoms with E-state index in [0.29, 0.717) is 18.1 Å². The minimum Gasteiger partial charge on any atom is -0.349 e. The molecule has 0 bridgehead atoms. The van der Waals surface area contributed by atoms with Gasteiger partial charge in [-0.15, -0.1) is 0 Å². The van der Waals surface area contributed by atoms with E-state index in [4.69, 9.17) is 11.6 Å². The van der Waals surface area contributed by atoms with E-state index in [2.05, 4.69) is 31.4 Å². The first-order valence-electron chi connectivity index (χ1n) is 6.20. The van der Waals surface area contributed by atoms with E-state index in [1.807, 2.05) is 6.92 Å². The van der Waals surface area contributed by atoms with Crippen LogP contribution < -0.4 is 5.32 Å². The van der Waals surface area contributed by atoms with Crippen molar-refractivity contribution in [3.8, 4) is 0 Å². The van der Waals surface area contributed by atoms with Gasteiger partial charge in [-0.2, -0.15) is 10.2 Å². The summed E-state index contributed by atoms with van der Waals surface area (Å²) in [6, 6.07) is -0.391. The fourth-order valence-corrected chi connectivity index (χ4v) is 2.31. The summed E-state index contributed by atoms with van der Waals surface area (Å²) < 4.78 is 4.19. The molecule has 1 amide bonds. The Morgan fingerprint density at radius 2 is 2.25 bits per heavy atom. The first-order valence-corrected chi connectivity index (χ1v) is 7.37. The van der Waals surface area contributed by atoms with Crippen LogP contribution in [-0.2, 0) is 17.9 Å². The number of hydrogen-bond acceptors (Lipinski definition) is 3. The van der Waals surface area contributed by atoms with Crippen LogP contribution >= 0.6 is 27.5 Å². The molecule has 8 heteroatoms. The van der Waals surface area contributed by atoms with Crippen LogP contribution in [0, 0.1) is 0 Å². The first kappa shape index (κ1) is 15.1. The molecule has 0 radical (unpaired) electrons. The molecule has 2 rings (SSSR count). The quantitative estimate of drug-likeness (QED) is 0.890. The largest absolute Gasteiger partial charge is 0.349 e. The molecule has 1 N–H and O–H groups in total. The second-order valence-electron chi connectivity index (χ2n) is 4.29. The monoisotopic (exact) mass is 359 g/mol. The van der Waals surface area contributed by atoms with Crippen LogP contribution in [0.1, 0.15) is 25.6 Å². The van der Waals surface area contributed by atoms with Crippen molar-refractivity contribution in [3.63, 3.8) is 0 Å². The molecule has 0 aliphatic rings. The van der Waals surface area contributed by atoms with Crippen LogP contribution in [0.25, 0.3) is 0 Å². The third-order valence-electron chi connectivity index (χ3n) is 2.97. The smallest absolute Gasteiger partial charge is 0.244 e. The van der Waals surface area contributed by atoms with E-state index in [9.17, 15) is 4.79 Å². The van der Waals surface area contributed by atoms with Gasteiger partial charge in [0.1, 0.15) is 6.04 Å². The van der Waals surface area contributed by atoms with Crippen molar-refractivity contribution in [3.05, 3.63) is 33.8 Å². The average Bonchev–Trinajstić information content (AvgIpc) is 3.01. The van der Waals surface area contributed by atoms with E-state index >= 15 is 0 Å². The molecule has 2 aromatic rings. The Morgan fingerprint density at radius 1 is 1.50 bits per heavy atom. The van der Waals surface area contributed by atoms with E-state index in [1.165, 1.54) is 0 Å². The van der Waals surface area contributed by atoms with Gasteiger partial charge < -0.3 is 5.32 Å². The molecule has 2 aromatic heterocycles. The van der Waals surface area contributed by atoms with Crippen LogP contribution in [0.3, 0.4) is 0 Å². The molecule has 1 atom stereocenters. The third-order valence-corrected chi connectivity index (χ3v) is 3.70. The zero-order valence-corrected chi connectivity index (χ0v) is 13.5. The number of nitrogens with zero attached hydrogens (tertiary/aromatic N) is 4. The predicted octanol–water partition coefficient (Wildman–Crippen LogP) is 2.39. The predicted molar refractivity (Wildman–Crippen MR) is 79.4 cm³/mol. The molecule has 1 unspecified atom stereocenters. The second kappa shape index (κ2) is 6.41. The summed E-state index contributed by atoms with van der Waals surface area (Å²) >= 11 is 9.35. The van der Waals surface area contributed by atoms with Crippen LogP contribution in [0.5, 0.6) is 0 Å². The van der Waals surface area contributed by atoms with Crippen LogP contribution in [0.4, 0.5) is 0 Å². The number of rotatable bonds is 5. The highest BCUT2D eigenvalue weighted by molar-refractivity contribution is 9.10. The molecule has 0 aliphatic carbocycles. The Morgan fingerprint density at radius 3 is 2.85 bits per heavy atom. The number of nitrogens with one attached hydrogen (secondary N) is 1. The Kier molecular flexibility index (Phi) is 4.82. The van der Waals surface area contributed by atoms with Crippen LogP contribution in [-0.4, -0.2) is 25.5 Å². The summed E-state index contributed by atoms with van der Waals surface area (Å²) in [4.78, 5) is 12.1. The maximum absolute atomic E-state index is 12.1. The lowest BCUT2D eigenvalue weighted by Gasteiger charge is -2.13. The Hall–Kier alpha value is -1.34. The summed E-state index contributed by atoms with van der Waals surface area (Å²) in [5.74, 6) is -0.125. The lowest BCUT2D eigenvalue weighted by atomic mass is 10.3. The molecule has 6 nitrogen and oxygen atoms in total. The molecule has 20 heavy (non-hydrogen) atoms. The van der Waals surface area contributed by atoms with Crippen molar-refractivity contribution in [2.45, 2.75) is 33.0 Å². The number of aryl methyl sites for hydroxylation is 1. The fraction of sp³-hybridized carbons (Fsp3) is 0.417. The minimum absolute atomic E-state index is 0.125. The summed E-state index contributed by atoms with van der Waals surface area (Å²) in [6.45, 7) is 4.81.